The second-order valence-corrected chi connectivity index (χ2v) is 6.65. The van der Waals surface area contributed by atoms with Crippen LogP contribution in [0.5, 0.6) is 0 Å². The number of carbonyl (C=O) groups is 2. The summed E-state index contributed by atoms with van der Waals surface area (Å²) in [6.45, 7) is 5.19. The first kappa shape index (κ1) is 19.0. The molecule has 2 heterocycles. The summed E-state index contributed by atoms with van der Waals surface area (Å²) in [7, 11) is 0. The van der Waals surface area contributed by atoms with Crippen molar-refractivity contribution in [3.05, 3.63) is 47.9 Å². The Balaban J connectivity index is 1.69. The summed E-state index contributed by atoms with van der Waals surface area (Å²) in [4.78, 5) is 28.6. The van der Waals surface area contributed by atoms with E-state index in [2.05, 4.69) is 10.3 Å². The first-order valence-corrected chi connectivity index (χ1v) is 9.70. The molecule has 0 unspecified atom stereocenters. The molecular weight excluding hydrogens is 366 g/mol. The number of hydrogen-bond acceptors (Lipinski definition) is 6. The highest BCUT2D eigenvalue weighted by molar-refractivity contribution is 7.99. The van der Waals surface area contributed by atoms with Crippen LogP contribution in [0.15, 0.2) is 46.2 Å². The quantitative estimate of drug-likeness (QED) is 0.472. The van der Waals surface area contributed by atoms with Crippen LogP contribution in [0.25, 0.3) is 11.0 Å². The molecule has 0 aliphatic rings. The number of ether oxygens (including phenoxy) is 1. The highest BCUT2D eigenvalue weighted by atomic mass is 32.2. The lowest BCUT2D eigenvalue weighted by Crippen LogP contribution is -2.24. The lowest BCUT2D eigenvalue weighted by Gasteiger charge is -2.06. The van der Waals surface area contributed by atoms with Crippen LogP contribution in [0, 0.1) is 0 Å². The van der Waals surface area contributed by atoms with Gasteiger partial charge in [-0.15, -0.1) is 0 Å². The van der Waals surface area contributed by atoms with E-state index in [1.54, 1.807) is 31.4 Å². The van der Waals surface area contributed by atoms with Crippen molar-refractivity contribution in [3.63, 3.8) is 0 Å². The van der Waals surface area contributed by atoms with Gasteiger partial charge >= 0.3 is 5.97 Å². The fourth-order valence-corrected chi connectivity index (χ4v) is 3.55. The first-order chi connectivity index (χ1) is 13.1. The number of rotatable bonds is 8. The minimum atomic E-state index is -0.364. The molecule has 0 aliphatic carbocycles. The molecule has 7 nitrogen and oxygen atoms in total. The third-order valence-electron chi connectivity index (χ3n) is 3.91. The molecule has 0 spiro atoms. The number of aryl methyl sites for hydroxylation is 1. The molecule has 1 N–H and O–H groups in total. The zero-order valence-corrected chi connectivity index (χ0v) is 16.0. The zero-order valence-electron chi connectivity index (χ0n) is 15.2. The van der Waals surface area contributed by atoms with Crippen LogP contribution in [-0.2, 0) is 22.6 Å². The minimum absolute atomic E-state index is 0.0988. The Morgan fingerprint density at radius 3 is 2.85 bits per heavy atom. The summed E-state index contributed by atoms with van der Waals surface area (Å²) < 4.78 is 12.3. The molecule has 0 aliphatic heterocycles. The van der Waals surface area contributed by atoms with Gasteiger partial charge < -0.3 is 19.0 Å². The molecule has 0 fully saturated rings. The van der Waals surface area contributed by atoms with E-state index in [1.165, 1.54) is 11.8 Å². The van der Waals surface area contributed by atoms with Crippen molar-refractivity contribution in [1.82, 2.24) is 14.9 Å². The van der Waals surface area contributed by atoms with Gasteiger partial charge in [-0.1, -0.05) is 11.8 Å². The predicted octanol–water partition coefficient (Wildman–Crippen LogP) is 3.23. The molecule has 0 saturated heterocycles. The number of fused-ring (bicyclic) bond motifs is 1. The second kappa shape index (κ2) is 8.77. The second-order valence-electron chi connectivity index (χ2n) is 5.71. The van der Waals surface area contributed by atoms with Crippen LogP contribution >= 0.6 is 11.8 Å². The monoisotopic (exact) mass is 387 g/mol. The molecule has 3 rings (SSSR count). The van der Waals surface area contributed by atoms with Crippen molar-refractivity contribution in [3.8, 4) is 0 Å². The molecule has 27 heavy (non-hydrogen) atoms. The molecule has 1 amide bonds. The van der Waals surface area contributed by atoms with Crippen LogP contribution in [0.1, 0.15) is 30.0 Å². The van der Waals surface area contributed by atoms with Gasteiger partial charge in [0.1, 0.15) is 5.76 Å². The number of thioether (sulfide) groups is 1. The highest BCUT2D eigenvalue weighted by Crippen LogP contribution is 2.25. The third-order valence-corrected chi connectivity index (χ3v) is 4.89. The lowest BCUT2D eigenvalue weighted by atomic mass is 10.2. The third kappa shape index (κ3) is 4.51. The number of hydrogen-bond donors (Lipinski definition) is 1. The normalized spacial score (nSPS) is 10.9. The zero-order chi connectivity index (χ0) is 19.2. The number of benzene rings is 1. The molecule has 0 saturated carbocycles. The largest absolute Gasteiger partial charge is 0.467 e. The summed E-state index contributed by atoms with van der Waals surface area (Å²) in [6.07, 6.45) is 1.57. The fraction of sp³-hybridized carbons (Fsp3) is 0.316. The van der Waals surface area contributed by atoms with E-state index in [9.17, 15) is 9.59 Å². The van der Waals surface area contributed by atoms with Crippen molar-refractivity contribution in [2.24, 2.45) is 0 Å². The Bertz CT molecular complexity index is 934. The summed E-state index contributed by atoms with van der Waals surface area (Å²) >= 11 is 1.36. The molecular formula is C19H21N3O4S. The van der Waals surface area contributed by atoms with Crippen molar-refractivity contribution >= 4 is 34.7 Å². The van der Waals surface area contributed by atoms with Gasteiger partial charge in [0.25, 0.3) is 0 Å². The van der Waals surface area contributed by atoms with E-state index < -0.39 is 0 Å². The van der Waals surface area contributed by atoms with Crippen LogP contribution in [-0.4, -0.2) is 33.8 Å². The Hall–Kier alpha value is -2.74. The Labute approximate surface area is 161 Å². The number of imidazole rings is 1. The predicted molar refractivity (Wildman–Crippen MR) is 103 cm³/mol. The maximum Gasteiger partial charge on any atom is 0.338 e. The van der Waals surface area contributed by atoms with Gasteiger partial charge in [0, 0.05) is 6.54 Å². The number of esters is 1. The molecule has 0 atom stereocenters. The van der Waals surface area contributed by atoms with E-state index in [0.717, 1.165) is 10.7 Å². The molecule has 0 radical (unpaired) electrons. The van der Waals surface area contributed by atoms with E-state index in [4.69, 9.17) is 9.15 Å². The van der Waals surface area contributed by atoms with Crippen LogP contribution in [0.3, 0.4) is 0 Å². The van der Waals surface area contributed by atoms with Gasteiger partial charge in [0.15, 0.2) is 5.16 Å². The molecule has 3 aromatic rings. The lowest BCUT2D eigenvalue weighted by molar-refractivity contribution is -0.118. The van der Waals surface area contributed by atoms with Gasteiger partial charge in [-0.3, -0.25) is 4.79 Å². The van der Waals surface area contributed by atoms with Crippen LogP contribution in [0.2, 0.25) is 0 Å². The van der Waals surface area contributed by atoms with Gasteiger partial charge in [0.2, 0.25) is 5.91 Å². The van der Waals surface area contributed by atoms with Crippen molar-refractivity contribution < 1.29 is 18.7 Å². The van der Waals surface area contributed by atoms with Gasteiger partial charge in [0.05, 0.1) is 41.8 Å². The number of furan rings is 1. The summed E-state index contributed by atoms with van der Waals surface area (Å²) in [5.74, 6) is 0.491. The minimum Gasteiger partial charge on any atom is -0.467 e. The number of amides is 1. The first-order valence-electron chi connectivity index (χ1n) is 8.71. The van der Waals surface area contributed by atoms with E-state index in [1.807, 2.05) is 23.6 Å². The summed E-state index contributed by atoms with van der Waals surface area (Å²) in [5.41, 5.74) is 2.10. The number of carbonyl (C=O) groups excluding carboxylic acids is 2. The van der Waals surface area contributed by atoms with Gasteiger partial charge in [-0.05, 0) is 44.2 Å². The smallest absolute Gasteiger partial charge is 0.338 e. The van der Waals surface area contributed by atoms with Crippen molar-refractivity contribution in [1.29, 1.82) is 0 Å². The standard InChI is InChI=1S/C19H21N3O4S/c1-3-22-16-8-7-13(18(24)25-4-2)10-15(16)21-19(22)27-12-17(23)20-11-14-6-5-9-26-14/h5-10H,3-4,11-12H2,1-2H3,(H,20,23). The van der Waals surface area contributed by atoms with Crippen LogP contribution in [0.4, 0.5) is 0 Å². The maximum atomic E-state index is 12.1. The topological polar surface area (TPSA) is 86.4 Å². The summed E-state index contributed by atoms with van der Waals surface area (Å²) in [5, 5.41) is 3.55. The van der Waals surface area contributed by atoms with E-state index in [-0.39, 0.29) is 17.6 Å². The molecule has 2 aromatic heterocycles. The molecule has 142 valence electrons. The van der Waals surface area contributed by atoms with Gasteiger partial charge in [-0.25, -0.2) is 9.78 Å². The Morgan fingerprint density at radius 2 is 2.15 bits per heavy atom. The molecule has 0 bridgehead atoms. The SMILES string of the molecule is CCOC(=O)c1ccc2c(c1)nc(SCC(=O)NCc1ccco1)n2CC. The Kier molecular flexibility index (Phi) is 6.18. The number of nitrogens with one attached hydrogen (secondary N) is 1. The molecule has 1 aromatic carbocycles. The molecule has 8 heteroatoms. The van der Waals surface area contributed by atoms with Crippen molar-refractivity contribution in [2.75, 3.05) is 12.4 Å². The number of aromatic nitrogens is 2. The van der Waals surface area contributed by atoms with Crippen LogP contribution < -0.4 is 5.32 Å². The van der Waals surface area contributed by atoms with E-state index >= 15 is 0 Å². The average Bonchev–Trinajstić information content (AvgIpc) is 3.31. The highest BCUT2D eigenvalue weighted by Gasteiger charge is 2.15. The van der Waals surface area contributed by atoms with Crippen molar-refractivity contribution in [2.45, 2.75) is 32.1 Å². The Morgan fingerprint density at radius 1 is 1.30 bits per heavy atom. The number of nitrogens with zero attached hydrogens (tertiary/aromatic N) is 2. The van der Waals surface area contributed by atoms with Gasteiger partial charge in [-0.2, -0.15) is 0 Å². The van der Waals surface area contributed by atoms with E-state index in [0.29, 0.717) is 36.5 Å². The average molecular weight is 387 g/mol. The summed E-state index contributed by atoms with van der Waals surface area (Å²) in [6, 6.07) is 8.91. The maximum absolute atomic E-state index is 12.1. The fourth-order valence-electron chi connectivity index (χ4n) is 2.64.